The Bertz CT molecular complexity index is 666. The average Bonchev–Trinajstić information content (AvgIpc) is 2.90. The standard InChI is InChI=1S/C10H13N5O2S/c16-18(17)5-2-8(7-18)12-6-9-13-14-10-11-3-1-4-15(9)10/h1,3-4,8,12H,2,5-7H2. The molecule has 96 valence electrons. The summed E-state index contributed by atoms with van der Waals surface area (Å²) in [5.41, 5.74) is 0. The van der Waals surface area contributed by atoms with Crippen molar-refractivity contribution in [2.24, 2.45) is 0 Å². The highest BCUT2D eigenvalue weighted by atomic mass is 32.2. The topological polar surface area (TPSA) is 89.2 Å². The maximum Gasteiger partial charge on any atom is 0.254 e. The minimum atomic E-state index is -2.85. The molecule has 0 bridgehead atoms. The average molecular weight is 267 g/mol. The number of sulfone groups is 1. The zero-order valence-electron chi connectivity index (χ0n) is 9.65. The number of nitrogens with zero attached hydrogens (tertiary/aromatic N) is 4. The lowest BCUT2D eigenvalue weighted by atomic mass is 10.2. The summed E-state index contributed by atoms with van der Waals surface area (Å²) in [4.78, 5) is 4.07. The minimum Gasteiger partial charge on any atom is -0.306 e. The normalized spacial score (nSPS) is 22.6. The first kappa shape index (κ1) is 11.5. The quantitative estimate of drug-likeness (QED) is 0.799. The van der Waals surface area contributed by atoms with Gasteiger partial charge in [0.2, 0.25) is 0 Å². The van der Waals surface area contributed by atoms with Gasteiger partial charge >= 0.3 is 0 Å². The van der Waals surface area contributed by atoms with Crippen LogP contribution in [0.5, 0.6) is 0 Å². The van der Waals surface area contributed by atoms with Gasteiger partial charge < -0.3 is 5.32 Å². The maximum absolute atomic E-state index is 11.3. The number of hydrogen-bond acceptors (Lipinski definition) is 6. The second-order valence-electron chi connectivity index (χ2n) is 4.39. The summed E-state index contributed by atoms with van der Waals surface area (Å²) >= 11 is 0. The van der Waals surface area contributed by atoms with Crippen molar-refractivity contribution in [2.45, 2.75) is 19.0 Å². The number of rotatable bonds is 3. The molecule has 18 heavy (non-hydrogen) atoms. The van der Waals surface area contributed by atoms with Crippen LogP contribution < -0.4 is 5.32 Å². The molecule has 1 fully saturated rings. The van der Waals surface area contributed by atoms with Crippen LogP contribution in [-0.4, -0.2) is 45.5 Å². The molecular weight excluding hydrogens is 254 g/mol. The lowest BCUT2D eigenvalue weighted by molar-refractivity contribution is 0.539. The van der Waals surface area contributed by atoms with E-state index in [4.69, 9.17) is 0 Å². The van der Waals surface area contributed by atoms with Gasteiger partial charge in [-0.1, -0.05) is 0 Å². The zero-order chi connectivity index (χ0) is 12.6. The second kappa shape index (κ2) is 4.29. The fraction of sp³-hybridized carbons (Fsp3) is 0.500. The largest absolute Gasteiger partial charge is 0.306 e. The third-order valence-electron chi connectivity index (χ3n) is 3.04. The molecular formula is C10H13N5O2S. The fourth-order valence-corrected chi connectivity index (χ4v) is 3.81. The Labute approximate surface area is 104 Å². The van der Waals surface area contributed by atoms with Crippen LogP contribution in [0.1, 0.15) is 12.2 Å². The van der Waals surface area contributed by atoms with E-state index in [1.807, 2.05) is 6.20 Å². The fourth-order valence-electron chi connectivity index (χ4n) is 2.10. The molecule has 2 aromatic rings. The summed E-state index contributed by atoms with van der Waals surface area (Å²) in [5, 5.41) is 11.2. The molecule has 1 N–H and O–H groups in total. The summed E-state index contributed by atoms with van der Waals surface area (Å²) < 4.78 is 24.5. The van der Waals surface area contributed by atoms with Crippen LogP contribution in [0.4, 0.5) is 0 Å². The molecule has 1 aliphatic heterocycles. The van der Waals surface area contributed by atoms with E-state index in [1.54, 1.807) is 16.7 Å². The smallest absolute Gasteiger partial charge is 0.254 e. The molecule has 0 amide bonds. The van der Waals surface area contributed by atoms with Gasteiger partial charge in [0.25, 0.3) is 5.78 Å². The molecule has 0 aliphatic carbocycles. The Kier molecular flexibility index (Phi) is 2.75. The van der Waals surface area contributed by atoms with Crippen LogP contribution in [0.15, 0.2) is 18.5 Å². The molecule has 1 aliphatic rings. The summed E-state index contributed by atoms with van der Waals surface area (Å²) in [7, 11) is -2.85. The van der Waals surface area contributed by atoms with Gasteiger partial charge in [-0.25, -0.2) is 13.4 Å². The predicted molar refractivity (Wildman–Crippen MR) is 64.7 cm³/mol. The second-order valence-corrected chi connectivity index (χ2v) is 6.62. The maximum atomic E-state index is 11.3. The van der Waals surface area contributed by atoms with E-state index < -0.39 is 9.84 Å². The molecule has 8 heteroatoms. The molecule has 3 rings (SSSR count). The highest BCUT2D eigenvalue weighted by Crippen LogP contribution is 2.11. The molecule has 7 nitrogen and oxygen atoms in total. The Morgan fingerprint density at radius 3 is 3.11 bits per heavy atom. The van der Waals surface area contributed by atoms with Gasteiger partial charge in [0.1, 0.15) is 0 Å². The molecule has 0 spiro atoms. The summed E-state index contributed by atoms with van der Waals surface area (Å²) in [6.45, 7) is 0.493. The summed E-state index contributed by atoms with van der Waals surface area (Å²) in [6, 6.07) is 1.82. The van der Waals surface area contributed by atoms with Crippen molar-refractivity contribution in [1.82, 2.24) is 24.9 Å². The van der Waals surface area contributed by atoms with E-state index in [-0.39, 0.29) is 17.5 Å². The molecule has 2 aromatic heterocycles. The molecule has 1 atom stereocenters. The van der Waals surface area contributed by atoms with Crippen LogP contribution >= 0.6 is 0 Å². The minimum absolute atomic E-state index is 0.0130. The molecule has 0 radical (unpaired) electrons. The van der Waals surface area contributed by atoms with Crippen molar-refractivity contribution < 1.29 is 8.42 Å². The van der Waals surface area contributed by atoms with Gasteiger partial charge in [-0.3, -0.25) is 4.40 Å². The summed E-state index contributed by atoms with van der Waals surface area (Å²) in [5.74, 6) is 1.77. The van der Waals surface area contributed by atoms with Crippen molar-refractivity contribution in [2.75, 3.05) is 11.5 Å². The monoisotopic (exact) mass is 267 g/mol. The number of hydrogen-bond donors (Lipinski definition) is 1. The van der Waals surface area contributed by atoms with Crippen molar-refractivity contribution >= 4 is 15.6 Å². The van der Waals surface area contributed by atoms with Gasteiger partial charge in [0, 0.05) is 18.4 Å². The highest BCUT2D eigenvalue weighted by Gasteiger charge is 2.27. The zero-order valence-corrected chi connectivity index (χ0v) is 10.5. The van der Waals surface area contributed by atoms with E-state index in [0.717, 1.165) is 5.82 Å². The van der Waals surface area contributed by atoms with Gasteiger partial charge in [0.15, 0.2) is 15.7 Å². The number of aromatic nitrogens is 4. The van der Waals surface area contributed by atoms with E-state index in [1.165, 1.54) is 0 Å². The molecule has 1 saturated heterocycles. The Morgan fingerprint density at radius 1 is 1.44 bits per heavy atom. The van der Waals surface area contributed by atoms with Gasteiger partial charge in [-0.2, -0.15) is 0 Å². The van der Waals surface area contributed by atoms with Crippen molar-refractivity contribution in [3.8, 4) is 0 Å². The Morgan fingerprint density at radius 2 is 2.33 bits per heavy atom. The van der Waals surface area contributed by atoms with Gasteiger partial charge in [-0.05, 0) is 12.5 Å². The van der Waals surface area contributed by atoms with Gasteiger partial charge in [0.05, 0.1) is 18.1 Å². The van der Waals surface area contributed by atoms with Crippen LogP contribution in [-0.2, 0) is 16.4 Å². The van der Waals surface area contributed by atoms with Crippen LogP contribution in [0.2, 0.25) is 0 Å². The Balaban J connectivity index is 1.71. The first-order valence-electron chi connectivity index (χ1n) is 5.72. The number of nitrogens with one attached hydrogen (secondary N) is 1. The van der Waals surface area contributed by atoms with Crippen molar-refractivity contribution in [3.63, 3.8) is 0 Å². The van der Waals surface area contributed by atoms with Crippen molar-refractivity contribution in [1.29, 1.82) is 0 Å². The molecule has 1 unspecified atom stereocenters. The third kappa shape index (κ3) is 2.21. The van der Waals surface area contributed by atoms with Crippen LogP contribution in [0.3, 0.4) is 0 Å². The van der Waals surface area contributed by atoms with Crippen molar-refractivity contribution in [3.05, 3.63) is 24.3 Å². The van der Waals surface area contributed by atoms with E-state index >= 15 is 0 Å². The number of fused-ring (bicyclic) bond motifs is 1. The molecule has 0 aromatic carbocycles. The van der Waals surface area contributed by atoms with Crippen LogP contribution in [0, 0.1) is 0 Å². The van der Waals surface area contributed by atoms with E-state index in [0.29, 0.717) is 18.7 Å². The Hall–Kier alpha value is -1.54. The van der Waals surface area contributed by atoms with Gasteiger partial charge in [-0.15, -0.1) is 10.2 Å². The third-order valence-corrected chi connectivity index (χ3v) is 4.81. The first-order valence-corrected chi connectivity index (χ1v) is 7.55. The van der Waals surface area contributed by atoms with Crippen LogP contribution in [0.25, 0.3) is 5.78 Å². The van der Waals surface area contributed by atoms with E-state index in [2.05, 4.69) is 20.5 Å². The SMILES string of the molecule is O=S1(=O)CCC(NCc2nnc3ncccn23)C1. The first-order chi connectivity index (χ1) is 8.64. The summed E-state index contributed by atoms with van der Waals surface area (Å²) in [6.07, 6.45) is 4.16. The lowest BCUT2D eigenvalue weighted by Crippen LogP contribution is -2.30. The molecule has 0 saturated carbocycles. The predicted octanol–water partition coefficient (Wildman–Crippen LogP) is -0.599. The van der Waals surface area contributed by atoms with E-state index in [9.17, 15) is 8.42 Å². The molecule has 3 heterocycles. The highest BCUT2D eigenvalue weighted by molar-refractivity contribution is 7.91. The lowest BCUT2D eigenvalue weighted by Gasteiger charge is -2.08.